The molecule has 0 saturated heterocycles. The van der Waals surface area contributed by atoms with E-state index in [-0.39, 0.29) is 10.0 Å². The highest BCUT2D eigenvalue weighted by atomic mass is 79.9. The molecule has 2 heterocycles. The number of benzene rings is 1. The summed E-state index contributed by atoms with van der Waals surface area (Å²) in [7, 11) is 1.71. The van der Waals surface area contributed by atoms with Crippen molar-refractivity contribution in [3.8, 4) is 0 Å². The van der Waals surface area contributed by atoms with E-state index in [9.17, 15) is 8.78 Å². The van der Waals surface area contributed by atoms with Crippen molar-refractivity contribution < 1.29 is 8.78 Å². The fraction of sp³-hybridized carbons (Fsp3) is 0.143. The highest BCUT2D eigenvalue weighted by Crippen LogP contribution is 2.38. The van der Waals surface area contributed by atoms with Crippen LogP contribution >= 0.6 is 38.6 Å². The van der Waals surface area contributed by atoms with E-state index in [1.54, 1.807) is 29.7 Å². The predicted octanol–water partition coefficient (Wildman–Crippen LogP) is 5.31. The van der Waals surface area contributed by atoms with Gasteiger partial charge >= 0.3 is 0 Å². The predicted molar refractivity (Wildman–Crippen MR) is 84.7 cm³/mol. The quantitative estimate of drug-likeness (QED) is 0.613. The molecule has 1 aromatic carbocycles. The van der Waals surface area contributed by atoms with Crippen LogP contribution in [-0.4, -0.2) is 7.05 Å². The van der Waals surface area contributed by atoms with Crippen molar-refractivity contribution in [2.45, 2.75) is 6.04 Å². The molecule has 2 aromatic heterocycles. The Bertz CT molecular complexity index is 737. The number of fused-ring (bicyclic) bond motifs is 1. The topological polar surface area (TPSA) is 12.0 Å². The summed E-state index contributed by atoms with van der Waals surface area (Å²) in [4.78, 5) is 0.908. The van der Waals surface area contributed by atoms with Gasteiger partial charge in [0.1, 0.15) is 11.6 Å². The maximum Gasteiger partial charge on any atom is 0.145 e. The number of hydrogen-bond acceptors (Lipinski definition) is 3. The van der Waals surface area contributed by atoms with Gasteiger partial charge in [-0.2, -0.15) is 0 Å². The maximum atomic E-state index is 14.2. The van der Waals surface area contributed by atoms with Crippen LogP contribution in [0.2, 0.25) is 0 Å². The summed E-state index contributed by atoms with van der Waals surface area (Å²) in [5, 5.41) is 5.02. The van der Waals surface area contributed by atoms with Gasteiger partial charge in [0.2, 0.25) is 0 Å². The van der Waals surface area contributed by atoms with Gasteiger partial charge in [-0.3, -0.25) is 0 Å². The molecular weight excluding hydrogens is 364 g/mol. The van der Waals surface area contributed by atoms with Gasteiger partial charge in [-0.05, 0) is 52.6 Å². The van der Waals surface area contributed by atoms with Crippen LogP contribution in [0.25, 0.3) is 9.40 Å². The van der Waals surface area contributed by atoms with Crippen LogP contribution in [0.5, 0.6) is 0 Å². The van der Waals surface area contributed by atoms with Crippen LogP contribution in [0, 0.1) is 11.6 Å². The number of thiophene rings is 2. The van der Waals surface area contributed by atoms with E-state index in [1.165, 1.54) is 12.1 Å². The van der Waals surface area contributed by atoms with Gasteiger partial charge in [-0.25, -0.2) is 8.78 Å². The molecular formula is C14H10BrF2NS2. The average molecular weight is 374 g/mol. The largest absolute Gasteiger partial charge is 0.308 e. The molecule has 1 N–H and O–H groups in total. The Morgan fingerprint density at radius 3 is 2.70 bits per heavy atom. The molecule has 20 heavy (non-hydrogen) atoms. The van der Waals surface area contributed by atoms with Crippen LogP contribution in [-0.2, 0) is 0 Å². The fourth-order valence-corrected chi connectivity index (χ4v) is 4.75. The van der Waals surface area contributed by atoms with Crippen molar-refractivity contribution in [1.29, 1.82) is 0 Å². The lowest BCUT2D eigenvalue weighted by molar-refractivity contribution is 0.521. The normalized spacial score (nSPS) is 13.0. The first kappa shape index (κ1) is 14.1. The minimum Gasteiger partial charge on any atom is -0.308 e. The summed E-state index contributed by atoms with van der Waals surface area (Å²) >= 11 is 6.30. The van der Waals surface area contributed by atoms with Gasteiger partial charge in [-0.1, -0.05) is 0 Å². The Morgan fingerprint density at radius 1 is 1.20 bits per heavy atom. The third kappa shape index (κ3) is 2.30. The maximum absolute atomic E-state index is 14.2. The summed E-state index contributed by atoms with van der Waals surface area (Å²) in [5.41, 5.74) is 0.0516. The van der Waals surface area contributed by atoms with E-state index >= 15 is 0 Å². The van der Waals surface area contributed by atoms with E-state index < -0.39 is 17.7 Å². The zero-order chi connectivity index (χ0) is 14.3. The smallest absolute Gasteiger partial charge is 0.145 e. The minimum absolute atomic E-state index is 0.0516. The molecule has 104 valence electrons. The van der Waals surface area contributed by atoms with Gasteiger partial charge in [0.25, 0.3) is 0 Å². The highest BCUT2D eigenvalue weighted by molar-refractivity contribution is 9.10. The standard InChI is InChI=1S/C14H10BrF2NS2/c1-18-14(11-6-10-9(20-11)4-5-19-10)12-8(16)3-2-7(15)13(12)17/h2-6,14,18H,1H3. The third-order valence-electron chi connectivity index (χ3n) is 3.10. The molecule has 3 rings (SSSR count). The van der Waals surface area contributed by atoms with Crippen LogP contribution < -0.4 is 5.32 Å². The molecule has 0 radical (unpaired) electrons. The van der Waals surface area contributed by atoms with Gasteiger partial charge < -0.3 is 5.32 Å². The Morgan fingerprint density at radius 2 is 2.00 bits per heavy atom. The van der Waals surface area contributed by atoms with Crippen molar-refractivity contribution in [2.75, 3.05) is 7.05 Å². The summed E-state index contributed by atoms with van der Waals surface area (Å²) < 4.78 is 30.8. The van der Waals surface area contributed by atoms with Crippen molar-refractivity contribution in [2.24, 2.45) is 0 Å². The van der Waals surface area contributed by atoms with Crippen molar-refractivity contribution in [3.05, 3.63) is 56.2 Å². The van der Waals surface area contributed by atoms with Crippen LogP contribution in [0.3, 0.4) is 0 Å². The Labute approximate surface area is 131 Å². The second-order valence-corrected chi connectivity index (χ2v) is 7.19. The van der Waals surface area contributed by atoms with Crippen molar-refractivity contribution >= 4 is 48.0 Å². The molecule has 3 aromatic rings. The molecule has 6 heteroatoms. The number of halogens is 3. The molecule has 1 unspecified atom stereocenters. The van der Waals surface area contributed by atoms with Crippen molar-refractivity contribution in [3.63, 3.8) is 0 Å². The lowest BCUT2D eigenvalue weighted by Crippen LogP contribution is -2.19. The summed E-state index contributed by atoms with van der Waals surface area (Å²) in [6, 6.07) is 6.19. The second kappa shape index (κ2) is 5.52. The minimum atomic E-state index is -0.555. The van der Waals surface area contributed by atoms with Gasteiger partial charge in [0.05, 0.1) is 10.5 Å². The molecule has 0 bridgehead atoms. The first-order valence-corrected chi connectivity index (χ1v) is 8.38. The molecule has 1 nitrogen and oxygen atoms in total. The van der Waals surface area contributed by atoms with E-state index in [1.807, 2.05) is 17.5 Å². The molecule has 1 atom stereocenters. The molecule has 0 fully saturated rings. The van der Waals surface area contributed by atoms with E-state index in [4.69, 9.17) is 0 Å². The monoisotopic (exact) mass is 373 g/mol. The Kier molecular flexibility index (Phi) is 3.90. The molecule has 0 aliphatic carbocycles. The highest BCUT2D eigenvalue weighted by Gasteiger charge is 2.24. The molecule has 0 aliphatic rings. The lowest BCUT2D eigenvalue weighted by atomic mass is 10.0. The molecule has 0 saturated carbocycles. The van der Waals surface area contributed by atoms with Gasteiger partial charge in [0.15, 0.2) is 0 Å². The Hall–Kier alpha value is -0.820. The number of hydrogen-bond donors (Lipinski definition) is 1. The van der Waals surface area contributed by atoms with E-state index in [2.05, 4.69) is 21.2 Å². The first-order valence-electron chi connectivity index (χ1n) is 5.89. The van der Waals surface area contributed by atoms with Gasteiger partial charge in [-0.15, -0.1) is 22.7 Å². The van der Waals surface area contributed by atoms with Crippen LogP contribution in [0.1, 0.15) is 16.5 Å². The Balaban J connectivity index is 2.15. The van der Waals surface area contributed by atoms with Gasteiger partial charge in [0, 0.05) is 19.8 Å². The molecule has 0 spiro atoms. The van der Waals surface area contributed by atoms with Crippen molar-refractivity contribution in [1.82, 2.24) is 5.32 Å². The number of rotatable bonds is 3. The first-order chi connectivity index (χ1) is 9.61. The lowest BCUT2D eigenvalue weighted by Gasteiger charge is -2.17. The van der Waals surface area contributed by atoms with E-state index in [0.29, 0.717) is 0 Å². The SMILES string of the molecule is CNC(c1cc2sccc2s1)c1c(F)ccc(Br)c1F. The second-order valence-electron chi connectivity index (χ2n) is 4.28. The van der Waals surface area contributed by atoms with E-state index in [0.717, 1.165) is 14.3 Å². The zero-order valence-corrected chi connectivity index (χ0v) is 13.6. The zero-order valence-electron chi connectivity index (χ0n) is 10.4. The molecule has 0 aliphatic heterocycles. The molecule has 0 amide bonds. The van der Waals surface area contributed by atoms with Crippen LogP contribution in [0.4, 0.5) is 8.78 Å². The van der Waals surface area contributed by atoms with Crippen LogP contribution in [0.15, 0.2) is 34.1 Å². The third-order valence-corrected chi connectivity index (χ3v) is 5.87. The fourth-order valence-electron chi connectivity index (χ4n) is 2.16. The summed E-state index contributed by atoms with van der Waals surface area (Å²) in [5.74, 6) is -1.09. The average Bonchev–Trinajstić information content (AvgIpc) is 3.00. The summed E-state index contributed by atoms with van der Waals surface area (Å²) in [6.07, 6.45) is 0. The summed E-state index contributed by atoms with van der Waals surface area (Å²) in [6.45, 7) is 0. The number of nitrogens with one attached hydrogen (secondary N) is 1.